The zero-order valence-corrected chi connectivity index (χ0v) is 10.1. The zero-order valence-electron chi connectivity index (χ0n) is 10.1. The van der Waals surface area contributed by atoms with Crippen LogP contribution in [0.3, 0.4) is 0 Å². The van der Waals surface area contributed by atoms with E-state index in [4.69, 9.17) is 10.2 Å². The molecular formula is C14H13N3O. The lowest BCUT2D eigenvalue weighted by Crippen LogP contribution is -2.03. The van der Waals surface area contributed by atoms with E-state index in [1.807, 2.05) is 37.3 Å². The fraction of sp³-hybridized carbons (Fsp3) is 0.143. The number of hydrogen-bond acceptors (Lipinski definition) is 4. The number of nitrogens with zero attached hydrogens (tertiary/aromatic N) is 2. The van der Waals surface area contributed by atoms with Crippen molar-refractivity contribution in [3.63, 3.8) is 0 Å². The SMILES string of the molecule is Cc1nc(CN)cc(-c2coc3ccccc23)n1. The van der Waals surface area contributed by atoms with Gasteiger partial charge < -0.3 is 10.2 Å². The number of fused-ring (bicyclic) bond motifs is 1. The lowest BCUT2D eigenvalue weighted by Gasteiger charge is -2.03. The number of benzene rings is 1. The first-order valence-corrected chi connectivity index (χ1v) is 5.79. The van der Waals surface area contributed by atoms with E-state index in [2.05, 4.69) is 9.97 Å². The van der Waals surface area contributed by atoms with E-state index >= 15 is 0 Å². The van der Waals surface area contributed by atoms with Crippen LogP contribution in [0.2, 0.25) is 0 Å². The number of furan rings is 1. The van der Waals surface area contributed by atoms with Gasteiger partial charge in [0.2, 0.25) is 0 Å². The summed E-state index contributed by atoms with van der Waals surface area (Å²) in [5.74, 6) is 0.721. The Kier molecular flexibility index (Phi) is 2.57. The predicted octanol–water partition coefficient (Wildman–Crippen LogP) is 2.66. The summed E-state index contributed by atoms with van der Waals surface area (Å²) < 4.78 is 5.53. The molecule has 0 saturated heterocycles. The Morgan fingerprint density at radius 2 is 2.06 bits per heavy atom. The number of nitrogens with two attached hydrogens (primary N) is 1. The van der Waals surface area contributed by atoms with Crippen LogP contribution in [0, 0.1) is 6.92 Å². The van der Waals surface area contributed by atoms with Crippen LogP contribution in [0.25, 0.3) is 22.2 Å². The molecule has 0 aliphatic carbocycles. The number of aromatic nitrogens is 2. The van der Waals surface area contributed by atoms with E-state index in [0.29, 0.717) is 6.54 Å². The molecule has 0 unspecified atom stereocenters. The molecule has 0 spiro atoms. The fourth-order valence-corrected chi connectivity index (χ4v) is 2.05. The van der Waals surface area contributed by atoms with Gasteiger partial charge in [0.15, 0.2) is 0 Å². The highest BCUT2D eigenvalue weighted by Crippen LogP contribution is 2.29. The third-order valence-electron chi connectivity index (χ3n) is 2.86. The molecule has 4 nitrogen and oxygen atoms in total. The molecule has 3 rings (SSSR count). The Hall–Kier alpha value is -2.20. The van der Waals surface area contributed by atoms with Gasteiger partial charge in [-0.2, -0.15) is 0 Å². The van der Waals surface area contributed by atoms with Gasteiger partial charge in [-0.05, 0) is 19.1 Å². The molecule has 1 aromatic carbocycles. The Labute approximate surface area is 104 Å². The van der Waals surface area contributed by atoms with Crippen molar-refractivity contribution in [1.29, 1.82) is 0 Å². The first kappa shape index (κ1) is 10.9. The molecule has 3 aromatic rings. The van der Waals surface area contributed by atoms with Crippen molar-refractivity contribution in [2.24, 2.45) is 5.73 Å². The Morgan fingerprint density at radius 3 is 2.89 bits per heavy atom. The van der Waals surface area contributed by atoms with Crippen molar-refractivity contribution < 1.29 is 4.42 Å². The van der Waals surface area contributed by atoms with E-state index in [1.165, 1.54) is 0 Å². The summed E-state index contributed by atoms with van der Waals surface area (Å²) in [6.45, 7) is 2.27. The van der Waals surface area contributed by atoms with Crippen molar-refractivity contribution in [2.75, 3.05) is 0 Å². The minimum absolute atomic E-state index is 0.409. The summed E-state index contributed by atoms with van der Waals surface area (Å²) >= 11 is 0. The molecule has 18 heavy (non-hydrogen) atoms. The minimum atomic E-state index is 0.409. The molecule has 90 valence electrons. The summed E-state index contributed by atoms with van der Waals surface area (Å²) in [6.07, 6.45) is 1.73. The molecule has 0 atom stereocenters. The van der Waals surface area contributed by atoms with E-state index in [9.17, 15) is 0 Å². The summed E-state index contributed by atoms with van der Waals surface area (Å²) in [6, 6.07) is 9.81. The van der Waals surface area contributed by atoms with Crippen molar-refractivity contribution in [3.8, 4) is 11.3 Å². The first-order valence-electron chi connectivity index (χ1n) is 5.79. The Bertz CT molecular complexity index is 703. The minimum Gasteiger partial charge on any atom is -0.464 e. The second-order valence-corrected chi connectivity index (χ2v) is 4.14. The maximum Gasteiger partial charge on any atom is 0.134 e. The van der Waals surface area contributed by atoms with Gasteiger partial charge in [-0.25, -0.2) is 9.97 Å². The van der Waals surface area contributed by atoms with E-state index in [-0.39, 0.29) is 0 Å². The highest BCUT2D eigenvalue weighted by atomic mass is 16.3. The monoisotopic (exact) mass is 239 g/mol. The number of aryl methyl sites for hydroxylation is 1. The number of rotatable bonds is 2. The maximum absolute atomic E-state index is 5.64. The standard InChI is InChI=1S/C14H13N3O/c1-9-16-10(7-15)6-13(17-9)12-8-18-14-5-3-2-4-11(12)14/h2-6,8H,7,15H2,1H3. The first-order chi connectivity index (χ1) is 8.78. The van der Waals surface area contributed by atoms with E-state index in [0.717, 1.165) is 33.7 Å². The Balaban J connectivity index is 2.22. The van der Waals surface area contributed by atoms with Crippen molar-refractivity contribution >= 4 is 11.0 Å². The van der Waals surface area contributed by atoms with Crippen molar-refractivity contribution in [1.82, 2.24) is 9.97 Å². The fourth-order valence-electron chi connectivity index (χ4n) is 2.05. The summed E-state index contributed by atoms with van der Waals surface area (Å²) in [4.78, 5) is 8.72. The van der Waals surface area contributed by atoms with Crippen molar-refractivity contribution in [2.45, 2.75) is 13.5 Å². The van der Waals surface area contributed by atoms with E-state index < -0.39 is 0 Å². The Morgan fingerprint density at radius 1 is 1.22 bits per heavy atom. The molecule has 2 N–H and O–H groups in total. The van der Waals surface area contributed by atoms with Crippen LogP contribution in [-0.4, -0.2) is 9.97 Å². The molecule has 0 saturated carbocycles. The third-order valence-corrected chi connectivity index (χ3v) is 2.86. The van der Waals surface area contributed by atoms with Gasteiger partial charge in [0, 0.05) is 17.5 Å². The summed E-state index contributed by atoms with van der Waals surface area (Å²) in [7, 11) is 0. The highest BCUT2D eigenvalue weighted by Gasteiger charge is 2.10. The van der Waals surface area contributed by atoms with Gasteiger partial charge in [-0.1, -0.05) is 18.2 Å². The van der Waals surface area contributed by atoms with E-state index in [1.54, 1.807) is 6.26 Å². The average molecular weight is 239 g/mol. The lowest BCUT2D eigenvalue weighted by atomic mass is 10.1. The van der Waals surface area contributed by atoms with Crippen LogP contribution in [0.15, 0.2) is 41.0 Å². The summed E-state index contributed by atoms with van der Waals surface area (Å²) in [5, 5.41) is 1.05. The molecule has 0 radical (unpaired) electrons. The largest absolute Gasteiger partial charge is 0.464 e. The third kappa shape index (κ3) is 1.76. The van der Waals surface area contributed by atoms with Gasteiger partial charge in [0.25, 0.3) is 0 Å². The molecule has 0 amide bonds. The second-order valence-electron chi connectivity index (χ2n) is 4.14. The predicted molar refractivity (Wildman–Crippen MR) is 69.9 cm³/mol. The molecule has 4 heteroatoms. The van der Waals surface area contributed by atoms with Crippen LogP contribution in [-0.2, 0) is 6.54 Å². The van der Waals surface area contributed by atoms with Crippen LogP contribution < -0.4 is 5.73 Å². The molecule has 0 bridgehead atoms. The van der Waals surface area contributed by atoms with Crippen LogP contribution >= 0.6 is 0 Å². The molecular weight excluding hydrogens is 226 g/mol. The maximum atomic E-state index is 5.64. The molecule has 0 aliphatic heterocycles. The number of para-hydroxylation sites is 1. The smallest absolute Gasteiger partial charge is 0.134 e. The van der Waals surface area contributed by atoms with Gasteiger partial charge in [-0.3, -0.25) is 0 Å². The second kappa shape index (κ2) is 4.23. The zero-order chi connectivity index (χ0) is 12.5. The molecule has 2 heterocycles. The van der Waals surface area contributed by atoms with Gasteiger partial charge in [-0.15, -0.1) is 0 Å². The normalized spacial score (nSPS) is 11.0. The molecule has 2 aromatic heterocycles. The van der Waals surface area contributed by atoms with Gasteiger partial charge in [0.1, 0.15) is 17.7 Å². The molecule has 0 aliphatic rings. The number of hydrogen-bond donors (Lipinski definition) is 1. The van der Waals surface area contributed by atoms with Gasteiger partial charge in [0.05, 0.1) is 11.4 Å². The van der Waals surface area contributed by atoms with Crippen LogP contribution in [0.1, 0.15) is 11.5 Å². The van der Waals surface area contributed by atoms with Crippen molar-refractivity contribution in [3.05, 3.63) is 48.1 Å². The summed E-state index contributed by atoms with van der Waals surface area (Å²) in [5.41, 5.74) is 9.17. The van der Waals surface area contributed by atoms with Crippen LogP contribution in [0.4, 0.5) is 0 Å². The topological polar surface area (TPSA) is 64.9 Å². The molecule has 0 fully saturated rings. The van der Waals surface area contributed by atoms with Crippen LogP contribution in [0.5, 0.6) is 0 Å². The average Bonchev–Trinajstić information content (AvgIpc) is 2.81. The lowest BCUT2D eigenvalue weighted by molar-refractivity contribution is 0.616. The van der Waals surface area contributed by atoms with Gasteiger partial charge >= 0.3 is 0 Å². The quantitative estimate of drug-likeness (QED) is 0.746. The highest BCUT2D eigenvalue weighted by molar-refractivity contribution is 5.92.